The molecule has 0 unspecified atom stereocenters. The number of hydrogen-bond donors (Lipinski definition) is 3. The van der Waals surface area contributed by atoms with Crippen molar-refractivity contribution in [3.05, 3.63) is 40.9 Å². The maximum atomic E-state index is 9.65. The standard InChI is InChI=1S/C13H9BrN2O2/c14-9-3-1-7(5-12(9)18)13-15-10-4-2-8(17)6-11(10)16-13/h1-6,17-18H,(H,15,16). The van der Waals surface area contributed by atoms with E-state index in [-0.39, 0.29) is 11.5 Å². The van der Waals surface area contributed by atoms with Gasteiger partial charge in [-0.1, -0.05) is 0 Å². The third-order valence-corrected chi connectivity index (χ3v) is 3.36. The maximum Gasteiger partial charge on any atom is 0.138 e. The number of hydrogen-bond acceptors (Lipinski definition) is 3. The summed E-state index contributed by atoms with van der Waals surface area (Å²) in [6.07, 6.45) is 0. The number of H-pyrrole nitrogens is 1. The van der Waals surface area contributed by atoms with Crippen LogP contribution in [0.5, 0.6) is 11.5 Å². The van der Waals surface area contributed by atoms with Gasteiger partial charge >= 0.3 is 0 Å². The lowest BCUT2D eigenvalue weighted by molar-refractivity contribution is 0.472. The van der Waals surface area contributed by atoms with Crippen LogP contribution in [0.3, 0.4) is 0 Å². The Balaban J connectivity index is 2.16. The molecule has 2 aromatic carbocycles. The Morgan fingerprint density at radius 1 is 1.06 bits per heavy atom. The minimum Gasteiger partial charge on any atom is -0.508 e. The zero-order valence-corrected chi connectivity index (χ0v) is 10.8. The van der Waals surface area contributed by atoms with Crippen molar-refractivity contribution in [3.8, 4) is 22.9 Å². The second kappa shape index (κ2) is 4.03. The molecule has 1 aromatic heterocycles. The zero-order valence-electron chi connectivity index (χ0n) is 9.18. The van der Waals surface area contributed by atoms with Gasteiger partial charge in [-0.3, -0.25) is 0 Å². The third kappa shape index (κ3) is 1.82. The second-order valence-corrected chi connectivity index (χ2v) is 4.81. The third-order valence-electron chi connectivity index (χ3n) is 2.69. The number of benzene rings is 2. The van der Waals surface area contributed by atoms with Gasteiger partial charge in [-0.2, -0.15) is 0 Å². The lowest BCUT2D eigenvalue weighted by Crippen LogP contribution is -1.80. The van der Waals surface area contributed by atoms with Gasteiger partial charge in [-0.15, -0.1) is 0 Å². The first-order chi connectivity index (χ1) is 8.63. The maximum absolute atomic E-state index is 9.65. The SMILES string of the molecule is Oc1ccc2nc(-c3ccc(Br)c(O)c3)[nH]c2c1. The number of nitrogens with one attached hydrogen (secondary N) is 1. The van der Waals surface area contributed by atoms with Crippen LogP contribution >= 0.6 is 15.9 Å². The van der Waals surface area contributed by atoms with Crippen LogP contribution in [0, 0.1) is 0 Å². The first kappa shape index (κ1) is 11.1. The van der Waals surface area contributed by atoms with Gasteiger partial charge in [0.2, 0.25) is 0 Å². The summed E-state index contributed by atoms with van der Waals surface area (Å²) in [6, 6.07) is 10.2. The Bertz CT molecular complexity index is 737. The predicted molar refractivity (Wildman–Crippen MR) is 72.6 cm³/mol. The molecule has 0 amide bonds. The van der Waals surface area contributed by atoms with Crippen LogP contribution in [0.4, 0.5) is 0 Å². The molecule has 0 aliphatic rings. The smallest absolute Gasteiger partial charge is 0.138 e. The van der Waals surface area contributed by atoms with Gasteiger partial charge in [-0.25, -0.2) is 4.98 Å². The van der Waals surface area contributed by atoms with Crippen molar-refractivity contribution >= 4 is 27.0 Å². The average molecular weight is 305 g/mol. The van der Waals surface area contributed by atoms with Crippen LogP contribution in [0.2, 0.25) is 0 Å². The zero-order chi connectivity index (χ0) is 12.7. The molecule has 0 radical (unpaired) electrons. The summed E-state index contributed by atoms with van der Waals surface area (Å²) in [4.78, 5) is 7.50. The number of aromatic nitrogens is 2. The number of nitrogens with zero attached hydrogens (tertiary/aromatic N) is 1. The highest BCUT2D eigenvalue weighted by Crippen LogP contribution is 2.30. The molecule has 5 heteroatoms. The molecule has 0 spiro atoms. The van der Waals surface area contributed by atoms with Gasteiger partial charge in [0.1, 0.15) is 17.3 Å². The molecule has 0 atom stereocenters. The molecule has 0 aliphatic carbocycles. The molecule has 0 fully saturated rings. The van der Waals surface area contributed by atoms with Gasteiger partial charge in [0, 0.05) is 11.6 Å². The largest absolute Gasteiger partial charge is 0.508 e. The van der Waals surface area contributed by atoms with Crippen LogP contribution in [0.15, 0.2) is 40.9 Å². The van der Waals surface area contributed by atoms with E-state index in [1.54, 1.807) is 30.3 Å². The van der Waals surface area contributed by atoms with E-state index in [0.29, 0.717) is 10.3 Å². The Morgan fingerprint density at radius 2 is 1.89 bits per heavy atom. The van der Waals surface area contributed by atoms with Crippen LogP contribution in [-0.2, 0) is 0 Å². The van der Waals surface area contributed by atoms with Gasteiger partial charge in [0.25, 0.3) is 0 Å². The van der Waals surface area contributed by atoms with E-state index < -0.39 is 0 Å². The fourth-order valence-electron chi connectivity index (χ4n) is 1.79. The number of rotatable bonds is 1. The quantitative estimate of drug-likeness (QED) is 0.645. The second-order valence-electron chi connectivity index (χ2n) is 3.95. The van der Waals surface area contributed by atoms with Crippen LogP contribution < -0.4 is 0 Å². The van der Waals surface area contributed by atoms with Crippen molar-refractivity contribution in [3.63, 3.8) is 0 Å². The summed E-state index contributed by atoms with van der Waals surface area (Å²) < 4.78 is 0.639. The van der Waals surface area contributed by atoms with E-state index >= 15 is 0 Å². The summed E-state index contributed by atoms with van der Waals surface area (Å²) in [5.41, 5.74) is 2.31. The van der Waals surface area contributed by atoms with Crippen molar-refractivity contribution in [2.24, 2.45) is 0 Å². The van der Waals surface area contributed by atoms with Crippen molar-refractivity contribution in [1.82, 2.24) is 9.97 Å². The molecule has 1 heterocycles. The number of imidazole rings is 1. The number of phenols is 2. The Labute approximate surface area is 111 Å². The minimum absolute atomic E-state index is 0.163. The monoisotopic (exact) mass is 304 g/mol. The summed E-state index contributed by atoms with van der Waals surface area (Å²) in [5, 5.41) is 19.0. The molecule has 0 saturated carbocycles. The van der Waals surface area contributed by atoms with E-state index in [4.69, 9.17) is 0 Å². The highest BCUT2D eigenvalue weighted by Gasteiger charge is 2.07. The normalized spacial score (nSPS) is 10.9. The number of aromatic hydroxyl groups is 2. The predicted octanol–water partition coefficient (Wildman–Crippen LogP) is 3.40. The molecule has 0 aliphatic heterocycles. The molecular formula is C13H9BrN2O2. The van der Waals surface area contributed by atoms with Crippen molar-refractivity contribution in [2.75, 3.05) is 0 Å². The van der Waals surface area contributed by atoms with Crippen molar-refractivity contribution in [2.45, 2.75) is 0 Å². The number of halogens is 1. The fourth-order valence-corrected chi connectivity index (χ4v) is 2.04. The van der Waals surface area contributed by atoms with E-state index in [2.05, 4.69) is 25.9 Å². The lowest BCUT2D eigenvalue weighted by atomic mass is 10.2. The van der Waals surface area contributed by atoms with Crippen molar-refractivity contribution < 1.29 is 10.2 Å². The van der Waals surface area contributed by atoms with Crippen LogP contribution in [-0.4, -0.2) is 20.2 Å². The Kier molecular flexibility index (Phi) is 2.48. The molecule has 90 valence electrons. The van der Waals surface area contributed by atoms with Gasteiger partial charge in [0.05, 0.1) is 15.5 Å². The van der Waals surface area contributed by atoms with Crippen molar-refractivity contribution in [1.29, 1.82) is 0 Å². The molecular weight excluding hydrogens is 296 g/mol. The van der Waals surface area contributed by atoms with Gasteiger partial charge in [0.15, 0.2) is 0 Å². The summed E-state index contributed by atoms with van der Waals surface area (Å²) in [5.74, 6) is 1.01. The van der Waals surface area contributed by atoms with E-state index in [9.17, 15) is 10.2 Å². The first-order valence-corrected chi connectivity index (χ1v) is 6.10. The Hall–Kier alpha value is -2.01. The first-order valence-electron chi connectivity index (χ1n) is 5.31. The molecule has 4 nitrogen and oxygen atoms in total. The molecule has 3 N–H and O–H groups in total. The number of fused-ring (bicyclic) bond motifs is 1. The molecule has 0 bridgehead atoms. The average Bonchev–Trinajstić information content (AvgIpc) is 2.75. The molecule has 0 saturated heterocycles. The number of aromatic amines is 1. The summed E-state index contributed by atoms with van der Waals surface area (Å²) in [7, 11) is 0. The summed E-state index contributed by atoms with van der Waals surface area (Å²) >= 11 is 3.23. The Morgan fingerprint density at radius 3 is 2.67 bits per heavy atom. The minimum atomic E-state index is 0.163. The number of phenolic OH excluding ortho intramolecular Hbond substituents is 2. The summed E-state index contributed by atoms with van der Waals surface area (Å²) in [6.45, 7) is 0. The van der Waals surface area contributed by atoms with E-state index in [1.165, 1.54) is 0 Å². The topological polar surface area (TPSA) is 69.1 Å². The van der Waals surface area contributed by atoms with Gasteiger partial charge < -0.3 is 15.2 Å². The molecule has 18 heavy (non-hydrogen) atoms. The highest BCUT2D eigenvalue weighted by molar-refractivity contribution is 9.10. The van der Waals surface area contributed by atoms with Crippen LogP contribution in [0.1, 0.15) is 0 Å². The highest BCUT2D eigenvalue weighted by atomic mass is 79.9. The molecule has 3 rings (SSSR count). The fraction of sp³-hybridized carbons (Fsp3) is 0. The van der Waals surface area contributed by atoms with E-state index in [0.717, 1.165) is 16.6 Å². The van der Waals surface area contributed by atoms with Crippen LogP contribution in [0.25, 0.3) is 22.4 Å². The lowest BCUT2D eigenvalue weighted by Gasteiger charge is -1.99. The molecule has 3 aromatic rings. The van der Waals surface area contributed by atoms with Gasteiger partial charge in [-0.05, 0) is 46.3 Å². The van der Waals surface area contributed by atoms with E-state index in [1.807, 2.05) is 6.07 Å².